The molecule has 3 aromatic rings. The third-order valence-electron chi connectivity index (χ3n) is 6.17. The van der Waals surface area contributed by atoms with Crippen LogP contribution in [0.25, 0.3) is 11.0 Å². The first-order chi connectivity index (χ1) is 16.0. The van der Waals surface area contributed by atoms with Crippen molar-refractivity contribution in [1.29, 1.82) is 0 Å². The van der Waals surface area contributed by atoms with Gasteiger partial charge >= 0.3 is 0 Å². The van der Waals surface area contributed by atoms with Gasteiger partial charge < -0.3 is 5.32 Å². The number of alkyl halides is 2. The minimum atomic E-state index is -2.52. The maximum absolute atomic E-state index is 13.4. The fourth-order valence-corrected chi connectivity index (χ4v) is 4.25. The summed E-state index contributed by atoms with van der Waals surface area (Å²) in [6.07, 6.45) is 1.60. The number of nitrogens with one attached hydrogen (secondary N) is 1. The smallest absolute Gasteiger partial charge is 0.252 e. The Morgan fingerprint density at radius 1 is 1.09 bits per heavy atom. The SMILES string of the molecule is CC(Nc1ncc2ccc(=O)n(CC(C)(C)C)c2n1)c1ccc(CN2CCC(F)(F)CC2)cc1. The molecule has 34 heavy (non-hydrogen) atoms. The van der Waals surface area contributed by atoms with Crippen molar-refractivity contribution >= 4 is 17.0 Å². The molecule has 1 unspecified atom stereocenters. The van der Waals surface area contributed by atoms with E-state index in [1.54, 1.807) is 22.9 Å². The number of piperidine rings is 1. The summed E-state index contributed by atoms with van der Waals surface area (Å²) < 4.78 is 28.5. The number of halogens is 2. The van der Waals surface area contributed by atoms with E-state index in [0.29, 0.717) is 37.8 Å². The number of nitrogens with zero attached hydrogens (tertiary/aromatic N) is 4. The lowest BCUT2D eigenvalue weighted by Crippen LogP contribution is -2.38. The van der Waals surface area contributed by atoms with Gasteiger partial charge in [-0.3, -0.25) is 14.3 Å². The summed E-state index contributed by atoms with van der Waals surface area (Å²) in [5.41, 5.74) is 2.65. The molecule has 8 heteroatoms. The molecule has 0 bridgehead atoms. The molecular formula is C26H33F2N5O. The minimum absolute atomic E-state index is 0.0494. The first kappa shape index (κ1) is 24.3. The van der Waals surface area contributed by atoms with Crippen molar-refractivity contribution in [3.05, 3.63) is 64.1 Å². The Morgan fingerprint density at radius 3 is 2.41 bits per heavy atom. The van der Waals surface area contributed by atoms with Gasteiger partial charge in [-0.2, -0.15) is 4.98 Å². The molecule has 0 aliphatic carbocycles. The van der Waals surface area contributed by atoms with Crippen LogP contribution in [-0.4, -0.2) is 38.4 Å². The standard InChI is InChI=1S/C26H33F2N5O/c1-18(20-7-5-19(6-8-20)16-32-13-11-26(27,28)12-14-32)30-24-29-15-21-9-10-22(34)33(23(21)31-24)17-25(2,3)4/h5-10,15,18H,11-14,16-17H2,1-4H3,(H,29,30,31). The highest BCUT2D eigenvalue weighted by Crippen LogP contribution is 2.28. The molecule has 0 saturated carbocycles. The van der Waals surface area contributed by atoms with Gasteiger partial charge in [-0.15, -0.1) is 0 Å². The predicted octanol–water partition coefficient (Wildman–Crippen LogP) is 5.24. The zero-order chi connectivity index (χ0) is 24.5. The summed E-state index contributed by atoms with van der Waals surface area (Å²) in [4.78, 5) is 23.7. The average Bonchev–Trinajstić information content (AvgIpc) is 2.77. The van der Waals surface area contributed by atoms with Crippen LogP contribution in [0.3, 0.4) is 0 Å². The maximum atomic E-state index is 13.4. The van der Waals surface area contributed by atoms with Crippen LogP contribution in [0.4, 0.5) is 14.7 Å². The largest absolute Gasteiger partial charge is 0.348 e. The zero-order valence-corrected chi connectivity index (χ0v) is 20.3. The summed E-state index contributed by atoms with van der Waals surface area (Å²) in [6, 6.07) is 11.4. The highest BCUT2D eigenvalue weighted by Gasteiger charge is 2.33. The summed E-state index contributed by atoms with van der Waals surface area (Å²) in [6.45, 7) is 10.4. The van der Waals surface area contributed by atoms with Gasteiger partial charge in [-0.05, 0) is 29.5 Å². The minimum Gasteiger partial charge on any atom is -0.348 e. The second kappa shape index (κ2) is 9.41. The Morgan fingerprint density at radius 2 is 1.76 bits per heavy atom. The van der Waals surface area contributed by atoms with Crippen LogP contribution in [0.2, 0.25) is 0 Å². The molecule has 1 aromatic carbocycles. The van der Waals surface area contributed by atoms with Crippen molar-refractivity contribution in [3.63, 3.8) is 0 Å². The molecule has 3 heterocycles. The fraction of sp³-hybridized carbons (Fsp3) is 0.500. The van der Waals surface area contributed by atoms with Gasteiger partial charge in [-0.25, -0.2) is 13.8 Å². The normalized spacial score (nSPS) is 17.6. The van der Waals surface area contributed by atoms with Gasteiger partial charge in [0, 0.05) is 56.7 Å². The van der Waals surface area contributed by atoms with E-state index < -0.39 is 5.92 Å². The van der Waals surface area contributed by atoms with Crippen LogP contribution in [0.5, 0.6) is 0 Å². The van der Waals surface area contributed by atoms with Gasteiger partial charge in [0.15, 0.2) is 0 Å². The number of pyridine rings is 1. The van der Waals surface area contributed by atoms with Gasteiger partial charge in [0.05, 0.1) is 6.04 Å². The topological polar surface area (TPSA) is 63.1 Å². The van der Waals surface area contributed by atoms with Crippen LogP contribution in [0, 0.1) is 5.41 Å². The van der Waals surface area contributed by atoms with E-state index in [0.717, 1.165) is 16.5 Å². The summed E-state index contributed by atoms with van der Waals surface area (Å²) >= 11 is 0. The van der Waals surface area contributed by atoms with Gasteiger partial charge in [0.25, 0.3) is 11.5 Å². The lowest BCUT2D eigenvalue weighted by atomic mass is 9.97. The molecule has 1 fully saturated rings. The summed E-state index contributed by atoms with van der Waals surface area (Å²) in [7, 11) is 0. The number of hydrogen-bond donors (Lipinski definition) is 1. The Kier molecular flexibility index (Phi) is 6.71. The lowest BCUT2D eigenvalue weighted by molar-refractivity contribution is -0.0566. The molecular weight excluding hydrogens is 436 g/mol. The van der Waals surface area contributed by atoms with Crippen molar-refractivity contribution in [1.82, 2.24) is 19.4 Å². The van der Waals surface area contributed by atoms with Crippen molar-refractivity contribution < 1.29 is 8.78 Å². The van der Waals surface area contributed by atoms with E-state index in [1.165, 1.54) is 0 Å². The lowest BCUT2D eigenvalue weighted by Gasteiger charge is -2.31. The average molecular weight is 470 g/mol. The van der Waals surface area contributed by atoms with Crippen LogP contribution in [0.15, 0.2) is 47.4 Å². The first-order valence-electron chi connectivity index (χ1n) is 11.8. The van der Waals surface area contributed by atoms with Gasteiger partial charge in [-0.1, -0.05) is 45.0 Å². The number of aromatic nitrogens is 3. The third kappa shape index (κ3) is 5.97. The third-order valence-corrected chi connectivity index (χ3v) is 6.17. The van der Waals surface area contributed by atoms with E-state index in [-0.39, 0.29) is 29.9 Å². The molecule has 6 nitrogen and oxygen atoms in total. The second-order valence-electron chi connectivity index (χ2n) is 10.5. The van der Waals surface area contributed by atoms with E-state index in [1.807, 2.05) is 31.2 Å². The van der Waals surface area contributed by atoms with E-state index in [9.17, 15) is 13.6 Å². The highest BCUT2D eigenvalue weighted by atomic mass is 19.3. The Balaban J connectivity index is 1.46. The summed E-state index contributed by atoms with van der Waals surface area (Å²) in [5, 5.41) is 4.16. The molecule has 1 saturated heterocycles. The molecule has 1 N–H and O–H groups in total. The van der Waals surface area contributed by atoms with Crippen LogP contribution >= 0.6 is 0 Å². The molecule has 1 aliphatic heterocycles. The van der Waals surface area contributed by atoms with Crippen LogP contribution < -0.4 is 10.9 Å². The monoisotopic (exact) mass is 469 g/mol. The van der Waals surface area contributed by atoms with Crippen molar-refractivity contribution in [2.45, 2.75) is 65.6 Å². The molecule has 0 amide bonds. The van der Waals surface area contributed by atoms with Crippen molar-refractivity contribution in [3.8, 4) is 0 Å². The first-order valence-corrected chi connectivity index (χ1v) is 11.8. The molecule has 182 valence electrons. The number of fused-ring (bicyclic) bond motifs is 1. The number of hydrogen-bond acceptors (Lipinski definition) is 5. The zero-order valence-electron chi connectivity index (χ0n) is 20.3. The summed E-state index contributed by atoms with van der Waals surface area (Å²) in [5.74, 6) is -2.06. The van der Waals surface area contributed by atoms with Crippen LogP contribution in [0.1, 0.15) is 57.7 Å². The molecule has 0 spiro atoms. The predicted molar refractivity (Wildman–Crippen MR) is 131 cm³/mol. The van der Waals surface area contributed by atoms with Gasteiger partial charge in [0.2, 0.25) is 5.95 Å². The number of anilines is 1. The van der Waals surface area contributed by atoms with E-state index in [2.05, 4.69) is 41.0 Å². The highest BCUT2D eigenvalue weighted by molar-refractivity contribution is 5.75. The van der Waals surface area contributed by atoms with Gasteiger partial charge in [0.1, 0.15) is 5.65 Å². The van der Waals surface area contributed by atoms with E-state index in [4.69, 9.17) is 0 Å². The van der Waals surface area contributed by atoms with Crippen molar-refractivity contribution in [2.75, 3.05) is 18.4 Å². The van der Waals surface area contributed by atoms with E-state index >= 15 is 0 Å². The maximum Gasteiger partial charge on any atom is 0.252 e. The Labute approximate surface area is 199 Å². The number of rotatable bonds is 6. The second-order valence-corrected chi connectivity index (χ2v) is 10.5. The quantitative estimate of drug-likeness (QED) is 0.535. The molecule has 1 aliphatic rings. The number of benzene rings is 1. The van der Waals surface area contributed by atoms with Crippen molar-refractivity contribution in [2.24, 2.45) is 5.41 Å². The molecule has 2 aromatic heterocycles. The Hall–Kier alpha value is -2.87. The van der Waals surface area contributed by atoms with Crippen LogP contribution in [-0.2, 0) is 13.1 Å². The molecule has 4 rings (SSSR count). The molecule has 0 radical (unpaired) electrons. The number of likely N-dealkylation sites (tertiary alicyclic amines) is 1. The molecule has 1 atom stereocenters. The Bertz CT molecular complexity index is 1190. The fourth-order valence-electron chi connectivity index (χ4n) is 4.25.